The minimum atomic E-state index is -5.97. The number of hydrogen-bond donors (Lipinski definition) is 6. The summed E-state index contributed by atoms with van der Waals surface area (Å²) in [6.45, 7) is -3.70. The number of nitrogens with one attached hydrogen (secondary N) is 1. The van der Waals surface area contributed by atoms with Gasteiger partial charge in [0.05, 0.1) is 6.61 Å². The molecule has 2 heterocycles. The predicted octanol–water partition coefficient (Wildman–Crippen LogP) is -1.09. The lowest BCUT2D eigenvalue weighted by Crippen LogP contribution is -2.51. The first-order valence-electron chi connectivity index (χ1n) is 7.95. The van der Waals surface area contributed by atoms with Crippen LogP contribution in [0.4, 0.5) is 8.78 Å². The second-order valence-electron chi connectivity index (χ2n) is 6.27. The van der Waals surface area contributed by atoms with E-state index in [2.05, 4.69) is 13.1 Å². The number of aliphatic hydroxyl groups excluding tert-OH is 1. The van der Waals surface area contributed by atoms with Crippen molar-refractivity contribution in [2.24, 2.45) is 5.18 Å². The summed E-state index contributed by atoms with van der Waals surface area (Å²) in [7, 11) is -17.6. The summed E-state index contributed by atoms with van der Waals surface area (Å²) >= 11 is 0. The molecule has 0 aromatic carbocycles. The molecule has 0 saturated carbocycles. The van der Waals surface area contributed by atoms with Gasteiger partial charge in [-0.3, -0.25) is 18.9 Å². The summed E-state index contributed by atoms with van der Waals surface area (Å²) in [5.41, 5.74) is -5.44. The summed E-state index contributed by atoms with van der Waals surface area (Å²) in [6, 6.07) is 0.657. The van der Waals surface area contributed by atoms with Crippen molar-refractivity contribution in [1.82, 2.24) is 9.55 Å². The lowest BCUT2D eigenvalue weighted by atomic mass is 9.95. The maximum Gasteiger partial charge on any atom is 0.490 e. The van der Waals surface area contributed by atoms with Gasteiger partial charge in [-0.1, -0.05) is 0 Å². The molecule has 2 unspecified atom stereocenters. The number of H-pyrrole nitrogens is 1. The summed E-state index contributed by atoms with van der Waals surface area (Å²) in [5.74, 6) is -3.84. The Hall–Kier alpha value is -1.53. The van der Waals surface area contributed by atoms with E-state index in [1.54, 1.807) is 4.98 Å². The number of ether oxygens (including phenoxy) is 1. The van der Waals surface area contributed by atoms with Gasteiger partial charge in [0.1, 0.15) is 6.67 Å². The van der Waals surface area contributed by atoms with Crippen LogP contribution in [0.15, 0.2) is 27.0 Å². The number of aromatic amines is 1. The molecule has 0 spiro atoms. The SMILES string of the molecule is O=N[C@]1(F)[C@H](O)[C@@](CF)(COP(=O)(O)OP(=O)(O)OP(=O)(O)O)O[C@H]1n1ccc(=O)[nH]c1=O. The fourth-order valence-electron chi connectivity index (χ4n) is 2.58. The third-order valence-electron chi connectivity index (χ3n) is 3.93. The van der Waals surface area contributed by atoms with Crippen LogP contribution in [0.2, 0.25) is 0 Å². The Bertz CT molecular complexity index is 1170. The van der Waals surface area contributed by atoms with E-state index in [0.717, 1.165) is 0 Å². The zero-order valence-electron chi connectivity index (χ0n) is 15.5. The summed E-state index contributed by atoms with van der Waals surface area (Å²) in [6.07, 6.45) is -4.90. The Balaban J connectivity index is 2.34. The van der Waals surface area contributed by atoms with Crippen molar-refractivity contribution in [3.05, 3.63) is 38.0 Å². The Labute approximate surface area is 179 Å². The van der Waals surface area contributed by atoms with Gasteiger partial charge in [0.2, 0.25) is 0 Å². The van der Waals surface area contributed by atoms with Gasteiger partial charge in [0, 0.05) is 12.3 Å². The molecule has 6 atom stereocenters. The first kappa shape index (κ1) is 27.7. The molecule has 188 valence electrons. The molecule has 1 aromatic heterocycles. The molecule has 6 N–H and O–H groups in total. The number of nitroso groups, excluding NO2 is 1. The average molecular weight is 547 g/mol. The molecular weight excluding hydrogens is 533 g/mol. The maximum atomic E-state index is 15.1. The summed E-state index contributed by atoms with van der Waals surface area (Å²) in [5, 5.41) is 12.2. The monoisotopic (exact) mass is 547 g/mol. The minimum Gasteiger partial charge on any atom is -0.384 e. The number of alkyl halides is 2. The second kappa shape index (κ2) is 9.26. The first-order chi connectivity index (χ1) is 14.9. The lowest BCUT2D eigenvalue weighted by Gasteiger charge is -2.29. The van der Waals surface area contributed by atoms with Gasteiger partial charge >= 0.3 is 35.0 Å². The molecule has 0 radical (unpaired) electrons. The van der Waals surface area contributed by atoms with Crippen LogP contribution in [0, 0.1) is 4.91 Å². The van der Waals surface area contributed by atoms with Gasteiger partial charge in [-0.2, -0.15) is 8.62 Å². The smallest absolute Gasteiger partial charge is 0.384 e. The molecular formula is C10H14F2N3O15P3. The van der Waals surface area contributed by atoms with Crippen LogP contribution in [-0.4, -0.2) is 65.0 Å². The molecule has 1 aromatic rings. The quantitative estimate of drug-likeness (QED) is 0.115. The highest BCUT2D eigenvalue weighted by Crippen LogP contribution is 2.66. The number of halogens is 2. The zero-order valence-corrected chi connectivity index (χ0v) is 18.2. The van der Waals surface area contributed by atoms with E-state index in [1.807, 2.05) is 5.18 Å². The third kappa shape index (κ3) is 6.13. The van der Waals surface area contributed by atoms with Gasteiger partial charge in [-0.05, 0) is 5.18 Å². The van der Waals surface area contributed by atoms with Crippen LogP contribution < -0.4 is 11.2 Å². The Morgan fingerprint density at radius 2 is 1.79 bits per heavy atom. The van der Waals surface area contributed by atoms with E-state index in [9.17, 15) is 42.6 Å². The number of aromatic nitrogens is 2. The molecule has 18 nitrogen and oxygen atoms in total. The van der Waals surface area contributed by atoms with Crippen LogP contribution in [0.5, 0.6) is 0 Å². The highest BCUT2D eigenvalue weighted by Gasteiger charge is 2.68. The van der Waals surface area contributed by atoms with E-state index >= 15 is 4.39 Å². The fraction of sp³-hybridized carbons (Fsp3) is 0.600. The van der Waals surface area contributed by atoms with Crippen molar-refractivity contribution in [3.8, 4) is 0 Å². The largest absolute Gasteiger partial charge is 0.490 e. The molecule has 0 amide bonds. The second-order valence-corrected chi connectivity index (χ2v) is 10.7. The number of phosphoric ester groups is 1. The van der Waals surface area contributed by atoms with E-state index in [1.165, 1.54) is 0 Å². The van der Waals surface area contributed by atoms with E-state index in [4.69, 9.17) is 19.4 Å². The molecule has 1 saturated heterocycles. The lowest BCUT2D eigenvalue weighted by molar-refractivity contribution is -0.136. The predicted molar refractivity (Wildman–Crippen MR) is 95.6 cm³/mol. The standard InChI is InChI=1S/C10H14F2N3O15P3/c11-3-9(4-27-32(23,24)30-33(25,26)29-31(20,21)22)6(17)10(12,14-19)7(28-9)15-2-1-5(16)13-8(15)18/h1-2,6-7,17H,3-4H2,(H,23,24)(H,25,26)(H,13,16,18)(H2,20,21,22)/t6-,7-,9-,10-/m1/s1. The molecule has 0 bridgehead atoms. The summed E-state index contributed by atoms with van der Waals surface area (Å²) in [4.78, 5) is 71.3. The van der Waals surface area contributed by atoms with Gasteiger partial charge in [-0.15, -0.1) is 4.91 Å². The van der Waals surface area contributed by atoms with Crippen molar-refractivity contribution in [1.29, 1.82) is 0 Å². The van der Waals surface area contributed by atoms with Crippen molar-refractivity contribution in [3.63, 3.8) is 0 Å². The minimum absolute atomic E-state index is 0.189. The van der Waals surface area contributed by atoms with E-state index < -0.39 is 71.7 Å². The van der Waals surface area contributed by atoms with Crippen molar-refractivity contribution in [2.75, 3.05) is 13.3 Å². The van der Waals surface area contributed by atoms with Crippen molar-refractivity contribution in [2.45, 2.75) is 23.7 Å². The van der Waals surface area contributed by atoms with Gasteiger partial charge < -0.3 is 29.4 Å². The Kier molecular flexibility index (Phi) is 7.77. The number of hydrogen-bond acceptors (Lipinski definition) is 12. The van der Waals surface area contributed by atoms with Crippen LogP contribution in [0.3, 0.4) is 0 Å². The number of rotatable bonds is 10. The van der Waals surface area contributed by atoms with Crippen LogP contribution in [0.1, 0.15) is 6.23 Å². The molecule has 1 aliphatic heterocycles. The Morgan fingerprint density at radius 1 is 1.18 bits per heavy atom. The summed E-state index contributed by atoms with van der Waals surface area (Å²) < 4.78 is 78.8. The molecule has 2 rings (SSSR count). The molecule has 23 heteroatoms. The van der Waals surface area contributed by atoms with E-state index in [-0.39, 0.29) is 4.57 Å². The van der Waals surface area contributed by atoms with Crippen LogP contribution in [0.25, 0.3) is 0 Å². The van der Waals surface area contributed by atoms with Crippen molar-refractivity contribution >= 4 is 23.5 Å². The number of phosphoric acid groups is 3. The topological polar surface area (TPSA) is 274 Å². The van der Waals surface area contributed by atoms with Crippen molar-refractivity contribution < 1.29 is 65.0 Å². The molecule has 33 heavy (non-hydrogen) atoms. The number of nitrogens with zero attached hydrogens (tertiary/aromatic N) is 2. The fourth-order valence-corrected chi connectivity index (χ4v) is 5.66. The number of aliphatic hydroxyl groups is 1. The average Bonchev–Trinajstić information content (AvgIpc) is 2.86. The zero-order chi connectivity index (χ0) is 25.5. The molecule has 0 aliphatic carbocycles. The van der Waals surface area contributed by atoms with Gasteiger partial charge in [-0.25, -0.2) is 27.3 Å². The van der Waals surface area contributed by atoms with Gasteiger partial charge in [0.25, 0.3) is 5.56 Å². The highest BCUT2D eigenvalue weighted by molar-refractivity contribution is 7.66. The highest BCUT2D eigenvalue weighted by atomic mass is 31.3. The normalized spacial score (nSPS) is 31.6. The first-order valence-corrected chi connectivity index (χ1v) is 12.5. The van der Waals surface area contributed by atoms with Gasteiger partial charge in [0.15, 0.2) is 17.9 Å². The Morgan fingerprint density at radius 3 is 2.27 bits per heavy atom. The van der Waals surface area contributed by atoms with E-state index in [0.29, 0.717) is 12.3 Å². The van der Waals surface area contributed by atoms with Crippen LogP contribution in [-0.2, 0) is 31.6 Å². The third-order valence-corrected chi connectivity index (χ3v) is 7.72. The molecule has 1 aliphatic rings. The maximum absolute atomic E-state index is 15.1. The van der Waals surface area contributed by atoms with Crippen LogP contribution >= 0.6 is 23.5 Å². The molecule has 1 fully saturated rings.